The molecular weight excluding hydrogens is 162 g/mol. The molecule has 0 aromatic rings. The predicted molar refractivity (Wildman–Crippen MR) is 39.3 cm³/mol. The van der Waals surface area contributed by atoms with Crippen LogP contribution in [0.5, 0.6) is 0 Å². The summed E-state index contributed by atoms with van der Waals surface area (Å²) in [5, 5.41) is 8.70. The van der Waals surface area contributed by atoms with Gasteiger partial charge in [-0.3, -0.25) is 4.79 Å². The van der Waals surface area contributed by atoms with Crippen LogP contribution in [0.4, 0.5) is 0 Å². The number of rotatable bonds is 3. The summed E-state index contributed by atoms with van der Waals surface area (Å²) in [7, 11) is 0. The Balaban J connectivity index is 2.60. The van der Waals surface area contributed by atoms with Gasteiger partial charge in [-0.05, 0) is 0 Å². The van der Waals surface area contributed by atoms with Crippen LogP contribution in [0, 0.1) is 5.92 Å². The number of esters is 1. The standard InChI is InChI=1S/C7H11NO4/c1-4-2-7(4,6(10)11)12-5(9)3-8/h4H,2-3,8H2,1H3,(H,10,11)/t4-,7-/m0/s1. The minimum absolute atomic E-state index is 0.106. The predicted octanol–water partition coefficient (Wildman–Crippen LogP) is -0.648. The van der Waals surface area contributed by atoms with Crippen LogP contribution in [0.1, 0.15) is 13.3 Å². The van der Waals surface area contributed by atoms with E-state index in [-0.39, 0.29) is 12.5 Å². The van der Waals surface area contributed by atoms with Gasteiger partial charge in [-0.2, -0.15) is 0 Å². The zero-order valence-electron chi connectivity index (χ0n) is 6.74. The fourth-order valence-corrected chi connectivity index (χ4v) is 1.12. The SMILES string of the molecule is C[C@H]1C[C@@]1(OC(=O)CN)C(=O)O. The number of carboxylic acid groups (broad SMARTS) is 1. The number of carbonyl (C=O) groups is 2. The van der Waals surface area contributed by atoms with Crippen molar-refractivity contribution in [1.29, 1.82) is 0 Å². The van der Waals surface area contributed by atoms with Crippen molar-refractivity contribution in [2.75, 3.05) is 6.54 Å². The summed E-state index contributed by atoms with van der Waals surface area (Å²) in [6.07, 6.45) is 0.383. The van der Waals surface area contributed by atoms with Gasteiger partial charge in [0.1, 0.15) is 0 Å². The molecule has 5 heteroatoms. The van der Waals surface area contributed by atoms with Gasteiger partial charge in [0, 0.05) is 12.3 Å². The van der Waals surface area contributed by atoms with Crippen molar-refractivity contribution in [3.05, 3.63) is 0 Å². The molecule has 1 saturated carbocycles. The van der Waals surface area contributed by atoms with Crippen molar-refractivity contribution >= 4 is 11.9 Å². The van der Waals surface area contributed by atoms with Gasteiger partial charge in [-0.1, -0.05) is 6.92 Å². The second-order valence-corrected chi connectivity index (χ2v) is 2.98. The van der Waals surface area contributed by atoms with Crippen molar-refractivity contribution in [1.82, 2.24) is 0 Å². The smallest absolute Gasteiger partial charge is 0.348 e. The summed E-state index contributed by atoms with van der Waals surface area (Å²) in [4.78, 5) is 21.3. The number of carboxylic acids is 1. The lowest BCUT2D eigenvalue weighted by molar-refractivity contribution is -0.167. The molecule has 0 saturated heterocycles. The maximum atomic E-state index is 10.7. The maximum Gasteiger partial charge on any atom is 0.348 e. The van der Waals surface area contributed by atoms with Crippen LogP contribution in [0.25, 0.3) is 0 Å². The average molecular weight is 173 g/mol. The van der Waals surface area contributed by atoms with E-state index in [9.17, 15) is 9.59 Å². The molecule has 0 aliphatic heterocycles. The molecule has 1 rings (SSSR count). The Kier molecular flexibility index (Phi) is 2.06. The van der Waals surface area contributed by atoms with E-state index in [2.05, 4.69) is 0 Å². The summed E-state index contributed by atoms with van der Waals surface area (Å²) < 4.78 is 4.71. The molecule has 2 atom stereocenters. The fourth-order valence-electron chi connectivity index (χ4n) is 1.12. The van der Waals surface area contributed by atoms with E-state index in [1.54, 1.807) is 6.92 Å². The first-order chi connectivity index (χ1) is 5.53. The molecule has 12 heavy (non-hydrogen) atoms. The van der Waals surface area contributed by atoms with Crippen LogP contribution in [0.2, 0.25) is 0 Å². The third-order valence-corrected chi connectivity index (χ3v) is 2.07. The number of nitrogens with two attached hydrogens (primary N) is 1. The lowest BCUT2D eigenvalue weighted by Crippen LogP contribution is -2.33. The molecule has 1 aliphatic carbocycles. The molecule has 3 N–H and O–H groups in total. The van der Waals surface area contributed by atoms with Crippen molar-refractivity contribution in [3.63, 3.8) is 0 Å². The minimum atomic E-state index is -1.28. The Morgan fingerprint density at radius 1 is 1.75 bits per heavy atom. The molecule has 0 spiro atoms. The zero-order valence-corrected chi connectivity index (χ0v) is 6.74. The number of ether oxygens (including phenoxy) is 1. The largest absolute Gasteiger partial charge is 0.478 e. The molecule has 0 amide bonds. The first-order valence-electron chi connectivity index (χ1n) is 3.68. The Morgan fingerprint density at radius 3 is 2.50 bits per heavy atom. The molecule has 68 valence electrons. The van der Waals surface area contributed by atoms with Crippen LogP contribution in [0.3, 0.4) is 0 Å². The Bertz CT molecular complexity index is 227. The number of hydrogen-bond acceptors (Lipinski definition) is 4. The van der Waals surface area contributed by atoms with E-state index in [1.165, 1.54) is 0 Å². The Labute approximate surface area is 69.5 Å². The highest BCUT2D eigenvalue weighted by molar-refractivity contribution is 5.86. The molecule has 0 heterocycles. The van der Waals surface area contributed by atoms with Gasteiger partial charge in [0.25, 0.3) is 0 Å². The van der Waals surface area contributed by atoms with Gasteiger partial charge >= 0.3 is 11.9 Å². The molecule has 5 nitrogen and oxygen atoms in total. The summed E-state index contributed by atoms with van der Waals surface area (Å²) in [6, 6.07) is 0. The maximum absolute atomic E-state index is 10.7. The molecule has 0 bridgehead atoms. The van der Waals surface area contributed by atoms with Gasteiger partial charge in [0.05, 0.1) is 6.54 Å². The highest BCUT2D eigenvalue weighted by Crippen LogP contribution is 2.46. The van der Waals surface area contributed by atoms with Crippen molar-refractivity contribution in [2.24, 2.45) is 11.7 Å². The van der Waals surface area contributed by atoms with Crippen molar-refractivity contribution < 1.29 is 19.4 Å². The summed E-state index contributed by atoms with van der Waals surface area (Å²) in [5.74, 6) is -1.86. The lowest BCUT2D eigenvalue weighted by atomic mass is 10.3. The van der Waals surface area contributed by atoms with Gasteiger partial charge in [0.15, 0.2) is 0 Å². The number of carbonyl (C=O) groups excluding carboxylic acids is 1. The molecule has 0 aromatic heterocycles. The van der Waals surface area contributed by atoms with Gasteiger partial charge in [-0.25, -0.2) is 4.79 Å². The van der Waals surface area contributed by atoms with E-state index < -0.39 is 17.5 Å². The van der Waals surface area contributed by atoms with Crippen LogP contribution in [0.15, 0.2) is 0 Å². The van der Waals surface area contributed by atoms with E-state index in [1.807, 2.05) is 0 Å². The fraction of sp³-hybridized carbons (Fsp3) is 0.714. The molecule has 0 radical (unpaired) electrons. The Morgan fingerprint density at radius 2 is 2.25 bits per heavy atom. The number of aliphatic carboxylic acids is 1. The summed E-state index contributed by atoms with van der Waals surface area (Å²) in [5.41, 5.74) is 3.70. The van der Waals surface area contributed by atoms with E-state index in [0.717, 1.165) is 0 Å². The topological polar surface area (TPSA) is 89.6 Å². The molecule has 0 aromatic carbocycles. The van der Waals surface area contributed by atoms with Gasteiger partial charge in [0.2, 0.25) is 5.60 Å². The average Bonchev–Trinajstić information content (AvgIpc) is 2.63. The third-order valence-electron chi connectivity index (χ3n) is 2.07. The van der Waals surface area contributed by atoms with E-state index in [4.69, 9.17) is 15.6 Å². The van der Waals surface area contributed by atoms with Crippen molar-refractivity contribution in [3.8, 4) is 0 Å². The highest BCUT2D eigenvalue weighted by atomic mass is 16.6. The molecule has 1 aliphatic rings. The highest BCUT2D eigenvalue weighted by Gasteiger charge is 2.61. The lowest BCUT2D eigenvalue weighted by Gasteiger charge is -2.11. The minimum Gasteiger partial charge on any atom is -0.478 e. The van der Waals surface area contributed by atoms with Crippen LogP contribution in [-0.4, -0.2) is 29.2 Å². The van der Waals surface area contributed by atoms with Gasteiger partial charge in [-0.15, -0.1) is 0 Å². The van der Waals surface area contributed by atoms with Crippen LogP contribution < -0.4 is 5.73 Å². The Hall–Kier alpha value is -1.10. The van der Waals surface area contributed by atoms with Crippen molar-refractivity contribution in [2.45, 2.75) is 18.9 Å². The first kappa shape index (κ1) is 8.99. The molecule has 1 fully saturated rings. The quantitative estimate of drug-likeness (QED) is 0.553. The monoisotopic (exact) mass is 173 g/mol. The first-order valence-corrected chi connectivity index (χ1v) is 3.68. The number of hydrogen-bond donors (Lipinski definition) is 2. The second kappa shape index (κ2) is 2.75. The van der Waals surface area contributed by atoms with E-state index in [0.29, 0.717) is 6.42 Å². The molecular formula is C7H11NO4. The van der Waals surface area contributed by atoms with E-state index >= 15 is 0 Å². The second-order valence-electron chi connectivity index (χ2n) is 2.98. The van der Waals surface area contributed by atoms with Crippen LogP contribution in [-0.2, 0) is 14.3 Å². The summed E-state index contributed by atoms with van der Waals surface area (Å²) in [6.45, 7) is 1.44. The van der Waals surface area contributed by atoms with Crippen LogP contribution >= 0.6 is 0 Å². The third kappa shape index (κ3) is 1.27. The summed E-state index contributed by atoms with van der Waals surface area (Å²) >= 11 is 0. The molecule has 0 unspecified atom stereocenters. The zero-order chi connectivity index (χ0) is 9.35. The van der Waals surface area contributed by atoms with Gasteiger partial charge < -0.3 is 15.6 Å². The normalized spacial score (nSPS) is 32.7.